The molecule has 5 nitrogen and oxygen atoms in total. The zero-order valence-corrected chi connectivity index (χ0v) is 12.3. The average Bonchev–Trinajstić information content (AvgIpc) is 2.54. The number of benzene rings is 1. The Bertz CT molecular complexity index is 417. The number of rotatable bonds is 6. The van der Waals surface area contributed by atoms with E-state index in [0.717, 1.165) is 38.0 Å². The molecule has 1 amide bonds. The number of aliphatic hydroxyl groups excluding tert-OH is 1. The summed E-state index contributed by atoms with van der Waals surface area (Å²) in [4.78, 5) is 13.9. The van der Waals surface area contributed by atoms with Gasteiger partial charge < -0.3 is 20.1 Å². The molecule has 0 atom stereocenters. The van der Waals surface area contributed by atoms with Gasteiger partial charge in [-0.15, -0.1) is 0 Å². The monoisotopic (exact) mass is 292 g/mol. The summed E-state index contributed by atoms with van der Waals surface area (Å²) in [5.41, 5.74) is 0.985. The van der Waals surface area contributed by atoms with E-state index in [-0.39, 0.29) is 12.7 Å². The number of carbonyl (C=O) groups is 1. The maximum Gasteiger partial charge on any atom is 0.407 e. The van der Waals surface area contributed by atoms with Gasteiger partial charge in [0.1, 0.15) is 6.61 Å². The summed E-state index contributed by atoms with van der Waals surface area (Å²) in [5, 5.41) is 11.9. The fourth-order valence-corrected chi connectivity index (χ4v) is 2.48. The summed E-state index contributed by atoms with van der Waals surface area (Å²) < 4.78 is 5.15. The van der Waals surface area contributed by atoms with Gasteiger partial charge in [-0.05, 0) is 37.4 Å². The van der Waals surface area contributed by atoms with E-state index >= 15 is 0 Å². The third-order valence-corrected chi connectivity index (χ3v) is 3.88. The van der Waals surface area contributed by atoms with Gasteiger partial charge in [-0.3, -0.25) is 0 Å². The highest BCUT2D eigenvalue weighted by atomic mass is 16.5. The van der Waals surface area contributed by atoms with Crippen molar-refractivity contribution < 1.29 is 14.6 Å². The molecule has 0 aromatic heterocycles. The fourth-order valence-electron chi connectivity index (χ4n) is 2.48. The molecule has 1 aromatic carbocycles. The third kappa shape index (κ3) is 5.73. The lowest BCUT2D eigenvalue weighted by atomic mass is 9.98. The minimum atomic E-state index is -0.371. The standard InChI is InChI=1S/C16H24N2O3/c19-12-14-6-9-18(10-7-14)11-8-17-16(20)21-13-15-4-2-1-3-5-15/h1-5,14,19H,6-13H2,(H,17,20). The van der Waals surface area contributed by atoms with Crippen molar-refractivity contribution >= 4 is 6.09 Å². The van der Waals surface area contributed by atoms with Crippen LogP contribution >= 0.6 is 0 Å². The Balaban J connectivity index is 1.55. The van der Waals surface area contributed by atoms with Crippen LogP contribution in [0.15, 0.2) is 30.3 Å². The number of nitrogens with one attached hydrogen (secondary N) is 1. The van der Waals surface area contributed by atoms with Crippen LogP contribution in [0, 0.1) is 5.92 Å². The highest BCUT2D eigenvalue weighted by Gasteiger charge is 2.17. The number of nitrogens with zero attached hydrogens (tertiary/aromatic N) is 1. The zero-order valence-electron chi connectivity index (χ0n) is 12.3. The zero-order chi connectivity index (χ0) is 14.9. The first-order chi connectivity index (χ1) is 10.3. The van der Waals surface area contributed by atoms with Crippen LogP contribution in [0.1, 0.15) is 18.4 Å². The maximum atomic E-state index is 11.6. The highest BCUT2D eigenvalue weighted by Crippen LogP contribution is 2.15. The predicted molar refractivity (Wildman–Crippen MR) is 80.9 cm³/mol. The van der Waals surface area contributed by atoms with Gasteiger partial charge in [-0.1, -0.05) is 30.3 Å². The van der Waals surface area contributed by atoms with Crippen LogP contribution in [0.25, 0.3) is 0 Å². The van der Waals surface area contributed by atoms with Crippen LogP contribution in [0.2, 0.25) is 0 Å². The van der Waals surface area contributed by atoms with Crippen LogP contribution in [0.3, 0.4) is 0 Å². The molecule has 2 N–H and O–H groups in total. The fraction of sp³-hybridized carbons (Fsp3) is 0.562. The van der Waals surface area contributed by atoms with E-state index in [1.165, 1.54) is 0 Å². The number of alkyl carbamates (subject to hydrolysis) is 1. The van der Waals surface area contributed by atoms with E-state index in [1.54, 1.807) is 0 Å². The van der Waals surface area contributed by atoms with Crippen molar-refractivity contribution in [3.63, 3.8) is 0 Å². The second kappa shape index (κ2) is 8.64. The first-order valence-electron chi connectivity index (χ1n) is 7.55. The van der Waals surface area contributed by atoms with E-state index < -0.39 is 0 Å². The number of amides is 1. The predicted octanol–water partition coefficient (Wildman–Crippen LogP) is 1.62. The first kappa shape index (κ1) is 15.8. The Morgan fingerprint density at radius 2 is 2.00 bits per heavy atom. The van der Waals surface area contributed by atoms with Gasteiger partial charge in [0.25, 0.3) is 0 Å². The molecule has 116 valence electrons. The number of hydrogen-bond acceptors (Lipinski definition) is 4. The maximum absolute atomic E-state index is 11.6. The van der Waals surface area contributed by atoms with Gasteiger partial charge in [0.05, 0.1) is 0 Å². The van der Waals surface area contributed by atoms with Crippen LogP contribution in [0.5, 0.6) is 0 Å². The lowest BCUT2D eigenvalue weighted by molar-refractivity contribution is 0.124. The Labute approximate surface area is 125 Å². The molecule has 1 aromatic rings. The van der Waals surface area contributed by atoms with E-state index in [4.69, 9.17) is 9.84 Å². The van der Waals surface area contributed by atoms with E-state index in [2.05, 4.69) is 10.2 Å². The molecule has 1 fully saturated rings. The Kier molecular flexibility index (Phi) is 6.50. The highest BCUT2D eigenvalue weighted by molar-refractivity contribution is 5.67. The molecule has 1 saturated heterocycles. The minimum Gasteiger partial charge on any atom is -0.445 e. The van der Waals surface area contributed by atoms with Gasteiger partial charge in [-0.2, -0.15) is 0 Å². The molecule has 21 heavy (non-hydrogen) atoms. The molecule has 0 radical (unpaired) electrons. The SMILES string of the molecule is O=C(NCCN1CCC(CO)CC1)OCc1ccccc1. The third-order valence-electron chi connectivity index (χ3n) is 3.88. The molecular weight excluding hydrogens is 268 g/mol. The summed E-state index contributed by atoms with van der Waals surface area (Å²) in [6.45, 7) is 4.00. The lowest BCUT2D eigenvalue weighted by Gasteiger charge is -2.30. The second-order valence-electron chi connectivity index (χ2n) is 5.46. The molecule has 5 heteroatoms. The summed E-state index contributed by atoms with van der Waals surface area (Å²) in [5.74, 6) is 0.449. The number of piperidine rings is 1. The Morgan fingerprint density at radius 1 is 1.29 bits per heavy atom. The molecule has 0 bridgehead atoms. The molecule has 0 saturated carbocycles. The molecule has 0 spiro atoms. The van der Waals surface area contributed by atoms with Crippen molar-refractivity contribution in [2.45, 2.75) is 19.4 Å². The summed E-state index contributed by atoms with van der Waals surface area (Å²) >= 11 is 0. The lowest BCUT2D eigenvalue weighted by Crippen LogP contribution is -2.40. The summed E-state index contributed by atoms with van der Waals surface area (Å²) in [6, 6.07) is 9.64. The molecule has 0 aliphatic carbocycles. The van der Waals surface area contributed by atoms with Crippen molar-refractivity contribution in [2.24, 2.45) is 5.92 Å². The van der Waals surface area contributed by atoms with E-state index in [1.807, 2.05) is 30.3 Å². The topological polar surface area (TPSA) is 61.8 Å². The number of likely N-dealkylation sites (tertiary alicyclic amines) is 1. The smallest absolute Gasteiger partial charge is 0.407 e. The van der Waals surface area contributed by atoms with Crippen LogP contribution < -0.4 is 5.32 Å². The van der Waals surface area contributed by atoms with Crippen LogP contribution in [-0.2, 0) is 11.3 Å². The quantitative estimate of drug-likeness (QED) is 0.836. The van der Waals surface area contributed by atoms with Gasteiger partial charge in [0.2, 0.25) is 0 Å². The van der Waals surface area contributed by atoms with E-state index in [9.17, 15) is 4.79 Å². The number of aliphatic hydroxyl groups is 1. The van der Waals surface area contributed by atoms with Crippen LogP contribution in [0.4, 0.5) is 4.79 Å². The second-order valence-corrected chi connectivity index (χ2v) is 5.46. The minimum absolute atomic E-state index is 0.290. The van der Waals surface area contributed by atoms with E-state index in [0.29, 0.717) is 19.1 Å². The van der Waals surface area contributed by atoms with Gasteiger partial charge in [0, 0.05) is 19.7 Å². The Morgan fingerprint density at radius 3 is 2.67 bits per heavy atom. The Hall–Kier alpha value is -1.59. The van der Waals surface area contributed by atoms with Crippen molar-refractivity contribution in [1.82, 2.24) is 10.2 Å². The average molecular weight is 292 g/mol. The molecule has 0 unspecified atom stereocenters. The number of ether oxygens (including phenoxy) is 1. The largest absolute Gasteiger partial charge is 0.445 e. The van der Waals surface area contributed by atoms with Gasteiger partial charge in [0.15, 0.2) is 0 Å². The van der Waals surface area contributed by atoms with Crippen molar-refractivity contribution in [1.29, 1.82) is 0 Å². The number of hydrogen-bond donors (Lipinski definition) is 2. The summed E-state index contributed by atoms with van der Waals surface area (Å²) in [7, 11) is 0. The molecule has 1 heterocycles. The van der Waals surface area contributed by atoms with Crippen molar-refractivity contribution in [3.8, 4) is 0 Å². The molecule has 1 aliphatic heterocycles. The summed E-state index contributed by atoms with van der Waals surface area (Å²) in [6.07, 6.45) is 1.70. The van der Waals surface area contributed by atoms with Gasteiger partial charge in [-0.25, -0.2) is 4.79 Å². The molecule has 2 rings (SSSR count). The molecule has 1 aliphatic rings. The first-order valence-corrected chi connectivity index (χ1v) is 7.55. The van der Waals surface area contributed by atoms with Crippen molar-refractivity contribution in [3.05, 3.63) is 35.9 Å². The normalized spacial score (nSPS) is 16.6. The number of carbonyl (C=O) groups excluding carboxylic acids is 1. The van der Waals surface area contributed by atoms with Crippen LogP contribution in [-0.4, -0.2) is 48.9 Å². The van der Waals surface area contributed by atoms with Crippen molar-refractivity contribution in [2.75, 3.05) is 32.8 Å². The molecular formula is C16H24N2O3. The van der Waals surface area contributed by atoms with Gasteiger partial charge >= 0.3 is 6.09 Å².